The third kappa shape index (κ3) is 3.53. The molecule has 0 unspecified atom stereocenters. The Kier molecular flexibility index (Phi) is 6.22. The number of fused-ring (bicyclic) bond motifs is 3. The molecule has 0 spiro atoms. The van der Waals surface area contributed by atoms with Gasteiger partial charge in [-0.3, -0.25) is 19.3 Å². The van der Waals surface area contributed by atoms with Gasteiger partial charge in [-0.25, -0.2) is 4.39 Å². The van der Waals surface area contributed by atoms with Crippen LogP contribution in [0.15, 0.2) is 23.0 Å². The number of aliphatic hydroxyl groups is 3. The number of nitrogens with zero attached hydrogens (tertiary/aromatic N) is 1. The number of rotatable bonds is 5. The molecule has 7 N–H and O–H groups in total. The monoisotopic (exact) mass is 503 g/mol. The van der Waals surface area contributed by atoms with Gasteiger partial charge in [-0.1, -0.05) is 13.8 Å². The van der Waals surface area contributed by atoms with Crippen molar-refractivity contribution in [2.75, 3.05) is 14.1 Å². The summed E-state index contributed by atoms with van der Waals surface area (Å²) in [5.41, 5.74) is 1.29. The van der Waals surface area contributed by atoms with Crippen LogP contribution < -0.4 is 11.1 Å². The summed E-state index contributed by atoms with van der Waals surface area (Å²) in [5, 5.41) is 47.5. The van der Waals surface area contributed by atoms with Crippen molar-refractivity contribution in [3.8, 4) is 5.75 Å². The van der Waals surface area contributed by atoms with Gasteiger partial charge in [0.2, 0.25) is 5.78 Å². The quantitative estimate of drug-likeness (QED) is 0.315. The largest absolute Gasteiger partial charge is 0.508 e. The summed E-state index contributed by atoms with van der Waals surface area (Å²) in [6, 6.07) is 0.00692. The molecule has 1 amide bonds. The Morgan fingerprint density at radius 3 is 2.47 bits per heavy atom. The predicted molar refractivity (Wildman–Crippen MR) is 126 cm³/mol. The first kappa shape index (κ1) is 25.8. The Balaban J connectivity index is 1.93. The summed E-state index contributed by atoms with van der Waals surface area (Å²) >= 11 is 0. The lowest BCUT2D eigenvalue weighted by atomic mass is 9.57. The number of carbonyl (C=O) groups excluding carboxylic acids is 3. The van der Waals surface area contributed by atoms with E-state index in [1.165, 1.54) is 25.1 Å². The number of nitrogens with two attached hydrogens (primary N) is 1. The molecule has 0 aliphatic heterocycles. The number of aromatic hydroxyl groups is 1. The molecule has 0 bridgehead atoms. The van der Waals surface area contributed by atoms with E-state index < -0.39 is 69.6 Å². The highest BCUT2D eigenvalue weighted by atomic mass is 19.1. The van der Waals surface area contributed by atoms with E-state index in [0.717, 1.165) is 0 Å². The maximum atomic E-state index is 15.2. The number of phenols is 1. The average molecular weight is 504 g/mol. The van der Waals surface area contributed by atoms with Crippen LogP contribution in [0.25, 0.3) is 5.76 Å². The molecule has 3 aliphatic carbocycles. The highest BCUT2D eigenvalue weighted by Crippen LogP contribution is 2.53. The Hall–Kier alpha value is -3.28. The van der Waals surface area contributed by atoms with Gasteiger partial charge in [-0.2, -0.15) is 0 Å². The van der Waals surface area contributed by atoms with Crippen molar-refractivity contribution in [1.29, 1.82) is 0 Å². The van der Waals surface area contributed by atoms with Crippen molar-refractivity contribution in [2.45, 2.75) is 50.9 Å². The first-order valence-corrected chi connectivity index (χ1v) is 11.6. The molecule has 11 heteroatoms. The SMILES string of the molecule is CC(C)NCc1cc(F)c2c(c1O)C(O)=C1C(=O)[C@]3(O)C(O)=C(C(N)=O)C(=O)[C@@H](N(C)C)[C@@H]3C[C@@H]1C2. The Labute approximate surface area is 206 Å². The summed E-state index contributed by atoms with van der Waals surface area (Å²) in [5.74, 6) is -8.26. The van der Waals surface area contributed by atoms with Crippen LogP contribution in [-0.2, 0) is 27.3 Å². The normalized spacial score (nSPS) is 27.9. The van der Waals surface area contributed by atoms with Gasteiger partial charge in [0, 0.05) is 35.2 Å². The molecule has 1 aromatic rings. The minimum absolute atomic E-state index is 0.00594. The van der Waals surface area contributed by atoms with Gasteiger partial charge in [0.25, 0.3) is 5.91 Å². The molecule has 4 atom stereocenters. The third-order valence-corrected chi connectivity index (χ3v) is 7.45. The smallest absolute Gasteiger partial charge is 0.255 e. The Bertz CT molecular complexity index is 1250. The minimum Gasteiger partial charge on any atom is -0.508 e. The van der Waals surface area contributed by atoms with Gasteiger partial charge in [0.15, 0.2) is 11.4 Å². The average Bonchev–Trinajstić information content (AvgIpc) is 2.77. The molecule has 3 aliphatic rings. The van der Waals surface area contributed by atoms with E-state index in [1.54, 1.807) is 0 Å². The molecular formula is C25H30FN3O7. The van der Waals surface area contributed by atoms with E-state index in [1.807, 2.05) is 13.8 Å². The van der Waals surface area contributed by atoms with Crippen LogP contribution in [0.4, 0.5) is 4.39 Å². The number of Topliss-reactive ketones (excluding diaryl/α,β-unsaturated/α-hetero) is 2. The molecule has 0 radical (unpaired) electrons. The van der Waals surface area contributed by atoms with Crippen LogP contribution >= 0.6 is 0 Å². The van der Waals surface area contributed by atoms with E-state index in [0.29, 0.717) is 0 Å². The van der Waals surface area contributed by atoms with Crippen molar-refractivity contribution in [3.05, 3.63) is 45.5 Å². The number of phenolic OH excluding ortho intramolecular Hbond substituents is 1. The lowest BCUT2D eigenvalue weighted by Gasteiger charge is -2.50. The van der Waals surface area contributed by atoms with E-state index in [4.69, 9.17) is 5.73 Å². The number of amides is 1. The van der Waals surface area contributed by atoms with E-state index >= 15 is 4.39 Å². The molecule has 1 fully saturated rings. The van der Waals surface area contributed by atoms with Crippen LogP contribution in [0.2, 0.25) is 0 Å². The van der Waals surface area contributed by atoms with Gasteiger partial charge < -0.3 is 31.5 Å². The molecule has 0 saturated heterocycles. The van der Waals surface area contributed by atoms with Crippen molar-refractivity contribution in [3.63, 3.8) is 0 Å². The van der Waals surface area contributed by atoms with Gasteiger partial charge in [0.05, 0.1) is 11.6 Å². The van der Waals surface area contributed by atoms with Crippen molar-refractivity contribution >= 4 is 23.2 Å². The molecule has 194 valence electrons. The summed E-state index contributed by atoms with van der Waals surface area (Å²) in [6.45, 7) is 3.83. The van der Waals surface area contributed by atoms with Crippen LogP contribution in [0, 0.1) is 17.7 Å². The Morgan fingerprint density at radius 1 is 1.28 bits per heavy atom. The number of primary amides is 1. The standard InChI is InChI=1S/C25H30FN3O7/c1-9(2)28-8-11-7-14(26)12-5-10-6-13-18(29(3)4)21(32)17(24(27)35)23(34)25(13,36)22(33)15(10)20(31)16(12)19(11)30/h7,9-10,13,18,28,30-31,34,36H,5-6,8H2,1-4H3,(H2,27,35)/t10-,13-,18-,25-/m0/s1. The van der Waals surface area contributed by atoms with Gasteiger partial charge in [0.1, 0.15) is 28.7 Å². The number of hydrogen-bond donors (Lipinski definition) is 6. The fourth-order valence-corrected chi connectivity index (χ4v) is 5.77. The number of halogens is 1. The van der Waals surface area contributed by atoms with E-state index in [2.05, 4.69) is 5.32 Å². The number of likely N-dealkylation sites (N-methyl/N-ethyl adjacent to an activating group) is 1. The summed E-state index contributed by atoms with van der Waals surface area (Å²) < 4.78 is 15.2. The topological polar surface area (TPSA) is 173 Å². The highest BCUT2D eigenvalue weighted by Gasteiger charge is 2.64. The van der Waals surface area contributed by atoms with Gasteiger partial charge in [-0.15, -0.1) is 0 Å². The molecular weight excluding hydrogens is 473 g/mol. The second kappa shape index (κ2) is 8.68. The van der Waals surface area contributed by atoms with Gasteiger partial charge >= 0.3 is 0 Å². The van der Waals surface area contributed by atoms with E-state index in [-0.39, 0.29) is 47.7 Å². The molecule has 4 rings (SSSR count). The van der Waals surface area contributed by atoms with Crippen LogP contribution in [0.5, 0.6) is 5.75 Å². The number of benzene rings is 1. The lowest BCUT2D eigenvalue weighted by Crippen LogP contribution is -2.65. The summed E-state index contributed by atoms with van der Waals surface area (Å²) in [7, 11) is 3.02. The molecule has 0 heterocycles. The Morgan fingerprint density at radius 2 is 1.92 bits per heavy atom. The number of hydrogen-bond acceptors (Lipinski definition) is 9. The fourth-order valence-electron chi connectivity index (χ4n) is 5.77. The first-order chi connectivity index (χ1) is 16.7. The zero-order chi connectivity index (χ0) is 26.9. The van der Waals surface area contributed by atoms with Crippen LogP contribution in [0.3, 0.4) is 0 Å². The number of carbonyl (C=O) groups is 3. The highest BCUT2D eigenvalue weighted by molar-refractivity contribution is 6.24. The van der Waals surface area contributed by atoms with E-state index in [9.17, 15) is 34.8 Å². The van der Waals surface area contributed by atoms with Crippen molar-refractivity contribution < 1.29 is 39.2 Å². The lowest BCUT2D eigenvalue weighted by molar-refractivity contribution is -0.153. The molecule has 10 nitrogen and oxygen atoms in total. The predicted octanol–water partition coefficient (Wildman–Crippen LogP) is 0.601. The zero-order valence-corrected chi connectivity index (χ0v) is 20.4. The number of nitrogens with one attached hydrogen (secondary N) is 1. The van der Waals surface area contributed by atoms with Crippen molar-refractivity contribution in [1.82, 2.24) is 10.2 Å². The first-order valence-electron chi connectivity index (χ1n) is 11.6. The molecule has 1 saturated carbocycles. The number of ketones is 2. The third-order valence-electron chi connectivity index (χ3n) is 7.45. The summed E-state index contributed by atoms with van der Waals surface area (Å²) in [4.78, 5) is 40.2. The number of aliphatic hydroxyl groups excluding tert-OH is 2. The van der Waals surface area contributed by atoms with Crippen LogP contribution in [-0.4, -0.2) is 74.6 Å². The summed E-state index contributed by atoms with van der Waals surface area (Å²) in [6.07, 6.45) is -0.186. The minimum atomic E-state index is -2.73. The maximum Gasteiger partial charge on any atom is 0.255 e. The van der Waals surface area contributed by atoms with Crippen LogP contribution in [0.1, 0.15) is 37.0 Å². The molecule has 1 aromatic carbocycles. The maximum absolute atomic E-state index is 15.2. The fraction of sp³-hybridized carbons (Fsp3) is 0.480. The van der Waals surface area contributed by atoms with Gasteiger partial charge in [-0.05, 0) is 38.9 Å². The molecule has 36 heavy (non-hydrogen) atoms. The second-order valence-corrected chi connectivity index (χ2v) is 10.2. The zero-order valence-electron chi connectivity index (χ0n) is 20.4. The van der Waals surface area contributed by atoms with Crippen molar-refractivity contribution in [2.24, 2.45) is 17.6 Å². The second-order valence-electron chi connectivity index (χ2n) is 10.2. The molecule has 0 aromatic heterocycles.